The van der Waals surface area contributed by atoms with Gasteiger partial charge >= 0.3 is 0 Å². The molecule has 18 heavy (non-hydrogen) atoms. The standard InChI is InChI=1S/C15H15BrN2/c1-10-7-8-17-15(14(10)16)18-13-9-12(13)11-5-3-2-4-6-11/h2-8,12-13H,9H2,1H3,(H,17,18). The zero-order valence-electron chi connectivity index (χ0n) is 10.2. The topological polar surface area (TPSA) is 24.9 Å². The van der Waals surface area contributed by atoms with Crippen LogP contribution in [0.1, 0.15) is 23.5 Å². The number of aryl methyl sites for hydroxylation is 1. The lowest BCUT2D eigenvalue weighted by Gasteiger charge is -2.08. The van der Waals surface area contributed by atoms with Crippen LogP contribution < -0.4 is 5.32 Å². The number of halogens is 1. The molecule has 1 saturated carbocycles. The van der Waals surface area contributed by atoms with E-state index in [1.807, 2.05) is 12.3 Å². The number of hydrogen-bond donors (Lipinski definition) is 1. The van der Waals surface area contributed by atoms with Crippen molar-refractivity contribution in [1.29, 1.82) is 0 Å². The number of anilines is 1. The Hall–Kier alpha value is -1.35. The second-order valence-corrected chi connectivity index (χ2v) is 5.59. The Morgan fingerprint density at radius 2 is 2.00 bits per heavy atom. The van der Waals surface area contributed by atoms with Crippen LogP contribution >= 0.6 is 15.9 Å². The quantitative estimate of drug-likeness (QED) is 0.922. The van der Waals surface area contributed by atoms with Crippen molar-refractivity contribution >= 4 is 21.7 Å². The fourth-order valence-electron chi connectivity index (χ4n) is 2.24. The number of benzene rings is 1. The minimum absolute atomic E-state index is 0.512. The third-order valence-electron chi connectivity index (χ3n) is 3.42. The van der Waals surface area contributed by atoms with Gasteiger partial charge < -0.3 is 5.32 Å². The molecule has 2 nitrogen and oxygen atoms in total. The largest absolute Gasteiger partial charge is 0.366 e. The molecule has 1 fully saturated rings. The molecule has 2 aromatic rings. The van der Waals surface area contributed by atoms with E-state index in [0.29, 0.717) is 12.0 Å². The van der Waals surface area contributed by atoms with Crippen LogP contribution in [0.15, 0.2) is 47.1 Å². The maximum atomic E-state index is 4.39. The van der Waals surface area contributed by atoms with E-state index < -0.39 is 0 Å². The van der Waals surface area contributed by atoms with E-state index in [9.17, 15) is 0 Å². The highest BCUT2D eigenvalue weighted by molar-refractivity contribution is 9.10. The van der Waals surface area contributed by atoms with Crippen LogP contribution in [0.3, 0.4) is 0 Å². The third-order valence-corrected chi connectivity index (χ3v) is 4.42. The van der Waals surface area contributed by atoms with E-state index in [2.05, 4.69) is 63.5 Å². The molecule has 2 atom stereocenters. The van der Waals surface area contributed by atoms with Crippen LogP contribution in [0.5, 0.6) is 0 Å². The Balaban J connectivity index is 1.71. The average molecular weight is 303 g/mol. The summed E-state index contributed by atoms with van der Waals surface area (Å²) in [5.41, 5.74) is 2.63. The molecule has 0 spiro atoms. The highest BCUT2D eigenvalue weighted by atomic mass is 79.9. The first-order valence-electron chi connectivity index (χ1n) is 6.18. The van der Waals surface area contributed by atoms with Gasteiger partial charge in [-0.05, 0) is 46.5 Å². The van der Waals surface area contributed by atoms with Crippen molar-refractivity contribution in [1.82, 2.24) is 4.98 Å². The highest BCUT2D eigenvalue weighted by Gasteiger charge is 2.38. The zero-order valence-corrected chi connectivity index (χ0v) is 11.8. The molecule has 0 amide bonds. The van der Waals surface area contributed by atoms with Crippen LogP contribution in [0, 0.1) is 6.92 Å². The molecule has 1 aromatic heterocycles. The maximum Gasteiger partial charge on any atom is 0.140 e. The van der Waals surface area contributed by atoms with Crippen LogP contribution in [-0.4, -0.2) is 11.0 Å². The number of pyridine rings is 1. The Labute approximate surface area is 116 Å². The molecular formula is C15H15BrN2. The van der Waals surface area contributed by atoms with Gasteiger partial charge in [0.15, 0.2) is 0 Å². The van der Waals surface area contributed by atoms with Gasteiger partial charge in [-0.1, -0.05) is 30.3 Å². The number of rotatable bonds is 3. The lowest BCUT2D eigenvalue weighted by Crippen LogP contribution is -2.06. The molecule has 1 aliphatic rings. The molecule has 1 aromatic carbocycles. The molecule has 3 heteroatoms. The van der Waals surface area contributed by atoms with Crippen molar-refractivity contribution in [2.75, 3.05) is 5.32 Å². The highest BCUT2D eigenvalue weighted by Crippen LogP contribution is 2.43. The first-order chi connectivity index (χ1) is 8.75. The first-order valence-corrected chi connectivity index (χ1v) is 6.97. The molecule has 1 N–H and O–H groups in total. The third kappa shape index (κ3) is 2.27. The molecule has 0 radical (unpaired) electrons. The van der Waals surface area contributed by atoms with Crippen LogP contribution in [0.4, 0.5) is 5.82 Å². The smallest absolute Gasteiger partial charge is 0.140 e. The molecule has 0 aliphatic heterocycles. The van der Waals surface area contributed by atoms with E-state index in [1.54, 1.807) is 0 Å². The van der Waals surface area contributed by atoms with Gasteiger partial charge in [0.05, 0.1) is 4.47 Å². The Morgan fingerprint density at radius 1 is 1.22 bits per heavy atom. The number of nitrogens with zero attached hydrogens (tertiary/aromatic N) is 1. The molecule has 2 unspecified atom stereocenters. The summed E-state index contributed by atoms with van der Waals surface area (Å²) in [6, 6.07) is 13.2. The van der Waals surface area contributed by atoms with Crippen molar-refractivity contribution in [2.45, 2.75) is 25.3 Å². The zero-order chi connectivity index (χ0) is 12.5. The minimum Gasteiger partial charge on any atom is -0.366 e. The summed E-state index contributed by atoms with van der Waals surface area (Å²) in [4.78, 5) is 4.39. The van der Waals surface area contributed by atoms with E-state index in [0.717, 1.165) is 10.3 Å². The minimum atomic E-state index is 0.512. The molecule has 0 bridgehead atoms. The molecule has 92 valence electrons. The molecular weight excluding hydrogens is 288 g/mol. The van der Waals surface area contributed by atoms with Crippen molar-refractivity contribution < 1.29 is 0 Å². The van der Waals surface area contributed by atoms with Gasteiger partial charge in [-0.3, -0.25) is 0 Å². The second kappa shape index (κ2) is 4.73. The Bertz CT molecular complexity index is 554. The molecule has 0 saturated heterocycles. The second-order valence-electron chi connectivity index (χ2n) is 4.79. The monoisotopic (exact) mass is 302 g/mol. The van der Waals surface area contributed by atoms with Gasteiger partial charge in [0.2, 0.25) is 0 Å². The van der Waals surface area contributed by atoms with Crippen molar-refractivity contribution in [3.8, 4) is 0 Å². The lowest BCUT2D eigenvalue weighted by atomic mass is 10.1. The Morgan fingerprint density at radius 3 is 2.78 bits per heavy atom. The summed E-state index contributed by atoms with van der Waals surface area (Å²) in [5, 5.41) is 3.52. The van der Waals surface area contributed by atoms with Gasteiger partial charge in [-0.25, -0.2) is 4.98 Å². The van der Waals surface area contributed by atoms with E-state index in [4.69, 9.17) is 0 Å². The van der Waals surface area contributed by atoms with Crippen molar-refractivity contribution in [2.24, 2.45) is 0 Å². The molecule has 1 aliphatic carbocycles. The molecule has 3 rings (SSSR count). The van der Waals surface area contributed by atoms with Crippen LogP contribution in [0.25, 0.3) is 0 Å². The molecule has 1 heterocycles. The van der Waals surface area contributed by atoms with Gasteiger partial charge in [0.25, 0.3) is 0 Å². The SMILES string of the molecule is Cc1ccnc(NC2CC2c2ccccc2)c1Br. The normalized spacial score (nSPS) is 21.7. The lowest BCUT2D eigenvalue weighted by molar-refractivity contribution is 1.02. The van der Waals surface area contributed by atoms with Crippen molar-refractivity contribution in [3.05, 3.63) is 58.2 Å². The fraction of sp³-hybridized carbons (Fsp3) is 0.267. The number of hydrogen-bond acceptors (Lipinski definition) is 2. The van der Waals surface area contributed by atoms with E-state index in [-0.39, 0.29) is 0 Å². The summed E-state index contributed by atoms with van der Waals surface area (Å²) in [6.07, 6.45) is 3.04. The van der Waals surface area contributed by atoms with Crippen molar-refractivity contribution in [3.63, 3.8) is 0 Å². The summed E-state index contributed by atoms with van der Waals surface area (Å²) in [7, 11) is 0. The predicted octanol–water partition coefficient (Wildman–Crippen LogP) is 4.12. The number of aromatic nitrogens is 1. The van der Waals surface area contributed by atoms with Crippen LogP contribution in [-0.2, 0) is 0 Å². The first kappa shape index (κ1) is 11.7. The maximum absolute atomic E-state index is 4.39. The van der Waals surface area contributed by atoms with Gasteiger partial charge in [0, 0.05) is 18.2 Å². The van der Waals surface area contributed by atoms with E-state index in [1.165, 1.54) is 17.5 Å². The fourth-order valence-corrected chi connectivity index (χ4v) is 2.59. The summed E-state index contributed by atoms with van der Waals surface area (Å²) in [6.45, 7) is 2.08. The Kier molecular flexibility index (Phi) is 3.08. The number of nitrogens with one attached hydrogen (secondary N) is 1. The average Bonchev–Trinajstić information content (AvgIpc) is 3.15. The predicted molar refractivity (Wildman–Crippen MR) is 77.9 cm³/mol. The summed E-state index contributed by atoms with van der Waals surface area (Å²) < 4.78 is 1.07. The van der Waals surface area contributed by atoms with E-state index >= 15 is 0 Å². The van der Waals surface area contributed by atoms with Gasteiger partial charge in [-0.2, -0.15) is 0 Å². The van der Waals surface area contributed by atoms with Gasteiger partial charge in [-0.15, -0.1) is 0 Å². The van der Waals surface area contributed by atoms with Crippen LogP contribution in [0.2, 0.25) is 0 Å². The van der Waals surface area contributed by atoms with Gasteiger partial charge in [0.1, 0.15) is 5.82 Å². The summed E-state index contributed by atoms with van der Waals surface area (Å²) in [5.74, 6) is 1.58. The summed E-state index contributed by atoms with van der Waals surface area (Å²) >= 11 is 3.59.